The van der Waals surface area contributed by atoms with Crippen LogP contribution in [0.15, 0.2) is 30.3 Å². The van der Waals surface area contributed by atoms with E-state index in [1.54, 1.807) is 0 Å². The Kier molecular flexibility index (Phi) is 4.61. The fraction of sp³-hybridized carbons (Fsp3) is 0.625. The van der Waals surface area contributed by atoms with Crippen LogP contribution in [0.2, 0.25) is 0 Å². The third-order valence-corrected chi connectivity index (χ3v) is 3.92. The van der Waals surface area contributed by atoms with Crippen LogP contribution in [0.5, 0.6) is 0 Å². The Hall–Kier alpha value is -0.820. The van der Waals surface area contributed by atoms with Crippen LogP contribution in [0.25, 0.3) is 0 Å². The fourth-order valence-corrected chi connectivity index (χ4v) is 2.87. The highest BCUT2D eigenvalue weighted by molar-refractivity contribution is 5.13. The molecule has 0 bridgehead atoms. The number of benzene rings is 1. The first-order valence-corrected chi connectivity index (χ1v) is 6.93. The van der Waals surface area contributed by atoms with E-state index in [0.717, 1.165) is 18.4 Å². The van der Waals surface area contributed by atoms with Crippen molar-refractivity contribution >= 4 is 0 Å². The highest BCUT2D eigenvalue weighted by Gasteiger charge is 2.27. The number of ether oxygens (including phenoxy) is 1. The standard InChI is InChI=1S/C16H24O/c1-13(2)15-10-6-7-11-16(15)17-12-14-8-4-3-5-9-14/h3-5,8-9,13,15-16H,6-7,10-12H2,1-2H3/t15-,16+/m1/s1. The van der Waals surface area contributed by atoms with Gasteiger partial charge in [-0.05, 0) is 30.2 Å². The molecule has 1 nitrogen and oxygen atoms in total. The van der Waals surface area contributed by atoms with Gasteiger partial charge in [-0.1, -0.05) is 57.0 Å². The Labute approximate surface area is 105 Å². The molecule has 0 aromatic heterocycles. The maximum Gasteiger partial charge on any atom is 0.0720 e. The van der Waals surface area contributed by atoms with Gasteiger partial charge in [-0.15, -0.1) is 0 Å². The predicted octanol–water partition coefficient (Wildman–Crippen LogP) is 4.42. The molecule has 0 spiro atoms. The van der Waals surface area contributed by atoms with Gasteiger partial charge >= 0.3 is 0 Å². The molecule has 17 heavy (non-hydrogen) atoms. The zero-order valence-electron chi connectivity index (χ0n) is 11.1. The second-order valence-corrected chi connectivity index (χ2v) is 5.53. The highest BCUT2D eigenvalue weighted by Crippen LogP contribution is 2.32. The molecule has 0 amide bonds. The molecule has 0 N–H and O–H groups in total. The minimum atomic E-state index is 0.476. The molecule has 94 valence electrons. The molecule has 1 aromatic carbocycles. The number of hydrogen-bond acceptors (Lipinski definition) is 1. The molecular weight excluding hydrogens is 208 g/mol. The monoisotopic (exact) mass is 232 g/mol. The molecule has 1 fully saturated rings. The van der Waals surface area contributed by atoms with E-state index in [9.17, 15) is 0 Å². The van der Waals surface area contributed by atoms with Gasteiger partial charge < -0.3 is 4.74 Å². The first kappa shape index (κ1) is 12.6. The van der Waals surface area contributed by atoms with E-state index in [1.807, 2.05) is 0 Å². The topological polar surface area (TPSA) is 9.23 Å². The second kappa shape index (κ2) is 6.20. The molecule has 1 aromatic rings. The molecule has 1 heteroatoms. The highest BCUT2D eigenvalue weighted by atomic mass is 16.5. The Bertz CT molecular complexity index is 318. The van der Waals surface area contributed by atoms with Crippen molar-refractivity contribution in [2.45, 2.75) is 52.2 Å². The van der Waals surface area contributed by atoms with Crippen molar-refractivity contribution in [3.8, 4) is 0 Å². The lowest BCUT2D eigenvalue weighted by Gasteiger charge is -2.34. The number of hydrogen-bond donors (Lipinski definition) is 0. The van der Waals surface area contributed by atoms with Crippen molar-refractivity contribution in [3.05, 3.63) is 35.9 Å². The molecule has 0 radical (unpaired) electrons. The van der Waals surface area contributed by atoms with Gasteiger partial charge in [0.1, 0.15) is 0 Å². The lowest BCUT2D eigenvalue weighted by molar-refractivity contribution is -0.0353. The van der Waals surface area contributed by atoms with Crippen molar-refractivity contribution in [3.63, 3.8) is 0 Å². The Morgan fingerprint density at radius 1 is 1.12 bits per heavy atom. The molecule has 2 rings (SSSR count). The van der Waals surface area contributed by atoms with Crippen molar-refractivity contribution in [1.82, 2.24) is 0 Å². The van der Waals surface area contributed by atoms with E-state index in [2.05, 4.69) is 44.2 Å². The van der Waals surface area contributed by atoms with Gasteiger partial charge in [-0.25, -0.2) is 0 Å². The van der Waals surface area contributed by atoms with E-state index >= 15 is 0 Å². The second-order valence-electron chi connectivity index (χ2n) is 5.53. The van der Waals surface area contributed by atoms with Gasteiger partial charge in [-0.2, -0.15) is 0 Å². The molecule has 0 saturated heterocycles. The van der Waals surface area contributed by atoms with Crippen molar-refractivity contribution < 1.29 is 4.74 Å². The summed E-state index contributed by atoms with van der Waals surface area (Å²) in [5.41, 5.74) is 1.29. The molecule has 0 unspecified atom stereocenters. The van der Waals surface area contributed by atoms with Crippen LogP contribution in [0.4, 0.5) is 0 Å². The molecule has 0 aliphatic heterocycles. The normalized spacial score (nSPS) is 25.1. The zero-order chi connectivity index (χ0) is 12.1. The van der Waals surface area contributed by atoms with Crippen LogP contribution in [0.1, 0.15) is 45.1 Å². The summed E-state index contributed by atoms with van der Waals surface area (Å²) in [6.45, 7) is 5.43. The molecule has 0 heterocycles. The minimum Gasteiger partial charge on any atom is -0.373 e. The van der Waals surface area contributed by atoms with Crippen molar-refractivity contribution in [2.24, 2.45) is 11.8 Å². The Morgan fingerprint density at radius 3 is 2.53 bits per heavy atom. The van der Waals surface area contributed by atoms with Crippen LogP contribution in [-0.4, -0.2) is 6.10 Å². The van der Waals surface area contributed by atoms with Gasteiger partial charge in [0.05, 0.1) is 12.7 Å². The average molecular weight is 232 g/mol. The Morgan fingerprint density at radius 2 is 1.82 bits per heavy atom. The molecular formula is C16H24O. The van der Waals surface area contributed by atoms with E-state index in [1.165, 1.54) is 31.2 Å². The molecule has 2 atom stereocenters. The van der Waals surface area contributed by atoms with Crippen LogP contribution in [-0.2, 0) is 11.3 Å². The first-order valence-electron chi connectivity index (χ1n) is 6.93. The molecule has 1 saturated carbocycles. The van der Waals surface area contributed by atoms with Crippen LogP contribution < -0.4 is 0 Å². The van der Waals surface area contributed by atoms with Gasteiger partial charge in [0.15, 0.2) is 0 Å². The summed E-state index contributed by atoms with van der Waals surface area (Å²) in [4.78, 5) is 0. The predicted molar refractivity (Wildman–Crippen MR) is 71.8 cm³/mol. The van der Waals surface area contributed by atoms with Crippen molar-refractivity contribution in [2.75, 3.05) is 0 Å². The molecule has 1 aliphatic carbocycles. The largest absolute Gasteiger partial charge is 0.373 e. The smallest absolute Gasteiger partial charge is 0.0720 e. The summed E-state index contributed by atoms with van der Waals surface area (Å²) in [6.07, 6.45) is 5.78. The van der Waals surface area contributed by atoms with E-state index in [0.29, 0.717) is 6.10 Å². The minimum absolute atomic E-state index is 0.476. The lowest BCUT2D eigenvalue weighted by atomic mass is 9.79. The SMILES string of the molecule is CC(C)[C@H]1CCCC[C@@H]1OCc1ccccc1. The van der Waals surface area contributed by atoms with Crippen LogP contribution in [0.3, 0.4) is 0 Å². The van der Waals surface area contributed by atoms with Gasteiger partial charge in [0.25, 0.3) is 0 Å². The number of rotatable bonds is 4. The summed E-state index contributed by atoms with van der Waals surface area (Å²) in [6, 6.07) is 10.5. The van der Waals surface area contributed by atoms with E-state index in [4.69, 9.17) is 4.74 Å². The van der Waals surface area contributed by atoms with Gasteiger partial charge in [0, 0.05) is 0 Å². The zero-order valence-corrected chi connectivity index (χ0v) is 11.1. The van der Waals surface area contributed by atoms with E-state index in [-0.39, 0.29) is 0 Å². The summed E-state index contributed by atoms with van der Waals surface area (Å²) in [5, 5.41) is 0. The maximum absolute atomic E-state index is 6.14. The maximum atomic E-state index is 6.14. The lowest BCUT2D eigenvalue weighted by Crippen LogP contribution is -2.31. The van der Waals surface area contributed by atoms with Crippen LogP contribution in [0, 0.1) is 11.8 Å². The Balaban J connectivity index is 1.88. The summed E-state index contributed by atoms with van der Waals surface area (Å²) in [5.74, 6) is 1.50. The van der Waals surface area contributed by atoms with E-state index < -0.39 is 0 Å². The molecule has 1 aliphatic rings. The van der Waals surface area contributed by atoms with Crippen LogP contribution >= 0.6 is 0 Å². The summed E-state index contributed by atoms with van der Waals surface area (Å²) >= 11 is 0. The fourth-order valence-electron chi connectivity index (χ4n) is 2.87. The van der Waals surface area contributed by atoms with Gasteiger partial charge in [0.2, 0.25) is 0 Å². The third-order valence-electron chi connectivity index (χ3n) is 3.92. The third kappa shape index (κ3) is 3.57. The summed E-state index contributed by atoms with van der Waals surface area (Å²) < 4.78 is 6.14. The quantitative estimate of drug-likeness (QED) is 0.746. The van der Waals surface area contributed by atoms with Crippen molar-refractivity contribution in [1.29, 1.82) is 0 Å². The summed E-state index contributed by atoms with van der Waals surface area (Å²) in [7, 11) is 0. The average Bonchev–Trinajstić information content (AvgIpc) is 2.38. The van der Waals surface area contributed by atoms with Gasteiger partial charge in [-0.3, -0.25) is 0 Å². The first-order chi connectivity index (χ1) is 8.27.